The van der Waals surface area contributed by atoms with Crippen molar-refractivity contribution < 1.29 is 13.9 Å². The highest BCUT2D eigenvalue weighted by Gasteiger charge is 2.18. The summed E-state index contributed by atoms with van der Waals surface area (Å²) >= 11 is 0. The molecule has 2 aromatic carbocycles. The summed E-state index contributed by atoms with van der Waals surface area (Å²) in [5, 5.41) is 7.01. The smallest absolute Gasteiger partial charge is 0.267 e. The Morgan fingerprint density at radius 2 is 1.89 bits per heavy atom. The lowest BCUT2D eigenvalue weighted by Gasteiger charge is -2.15. The minimum absolute atomic E-state index is 0.363. The second kappa shape index (κ2) is 7.82. The molecule has 0 aliphatic rings. The molecule has 0 fully saturated rings. The third kappa shape index (κ3) is 4.20. The van der Waals surface area contributed by atoms with E-state index in [0.29, 0.717) is 22.7 Å². The number of carbonyl (C=O) groups excluding carboxylic acids is 1. The maximum atomic E-state index is 13.1. The Morgan fingerprint density at radius 1 is 1.15 bits per heavy atom. The lowest BCUT2D eigenvalue weighted by molar-refractivity contribution is -0.119. The van der Waals surface area contributed by atoms with Gasteiger partial charge in [0.25, 0.3) is 5.56 Å². The summed E-state index contributed by atoms with van der Waals surface area (Å²) in [5.74, 6) is -0.152. The molecular weight excluding hydrogens is 349 g/mol. The van der Waals surface area contributed by atoms with Gasteiger partial charge in [-0.25, -0.2) is 9.07 Å². The van der Waals surface area contributed by atoms with Gasteiger partial charge in [-0.3, -0.25) is 9.59 Å². The number of nitrogens with zero attached hydrogens (tertiary/aromatic N) is 2. The maximum Gasteiger partial charge on any atom is 0.267 e. The van der Waals surface area contributed by atoms with Crippen molar-refractivity contribution in [2.24, 2.45) is 0 Å². The fourth-order valence-electron chi connectivity index (χ4n) is 2.54. The molecule has 0 saturated carbocycles. The number of aromatic nitrogens is 2. The Kier molecular flexibility index (Phi) is 5.30. The fourth-order valence-corrected chi connectivity index (χ4v) is 2.54. The van der Waals surface area contributed by atoms with E-state index >= 15 is 0 Å². The van der Waals surface area contributed by atoms with Crippen LogP contribution in [0.25, 0.3) is 11.3 Å². The molecular formula is C20H18FN3O3. The van der Waals surface area contributed by atoms with E-state index < -0.39 is 17.5 Å². The maximum absolute atomic E-state index is 13.1. The van der Waals surface area contributed by atoms with Crippen LogP contribution in [-0.2, 0) is 4.79 Å². The van der Waals surface area contributed by atoms with Crippen molar-refractivity contribution in [2.75, 3.05) is 12.4 Å². The fraction of sp³-hybridized carbons (Fsp3) is 0.150. The molecule has 1 N–H and O–H groups in total. The number of halogens is 1. The average molecular weight is 367 g/mol. The zero-order chi connectivity index (χ0) is 19.4. The molecule has 138 valence electrons. The molecule has 1 amide bonds. The molecule has 3 aromatic rings. The van der Waals surface area contributed by atoms with Gasteiger partial charge < -0.3 is 10.1 Å². The van der Waals surface area contributed by atoms with Crippen LogP contribution in [0.15, 0.2) is 65.5 Å². The summed E-state index contributed by atoms with van der Waals surface area (Å²) in [7, 11) is 1.54. The van der Waals surface area contributed by atoms with E-state index in [9.17, 15) is 14.0 Å². The second-order valence-corrected chi connectivity index (χ2v) is 5.91. The van der Waals surface area contributed by atoms with Gasteiger partial charge in [-0.1, -0.05) is 6.07 Å². The van der Waals surface area contributed by atoms with Crippen molar-refractivity contribution in [3.05, 3.63) is 76.8 Å². The average Bonchev–Trinajstić information content (AvgIpc) is 2.68. The zero-order valence-corrected chi connectivity index (χ0v) is 14.8. The van der Waals surface area contributed by atoms with Crippen LogP contribution in [0.4, 0.5) is 10.1 Å². The predicted octanol–water partition coefficient (Wildman–Crippen LogP) is 3.26. The van der Waals surface area contributed by atoms with Crippen molar-refractivity contribution >= 4 is 11.6 Å². The molecule has 0 spiro atoms. The molecule has 27 heavy (non-hydrogen) atoms. The summed E-state index contributed by atoms with van der Waals surface area (Å²) in [6.45, 7) is 1.58. The normalized spacial score (nSPS) is 11.7. The predicted molar refractivity (Wildman–Crippen MR) is 100 cm³/mol. The molecule has 1 heterocycles. The van der Waals surface area contributed by atoms with Crippen LogP contribution in [-0.4, -0.2) is 22.8 Å². The molecule has 0 radical (unpaired) electrons. The quantitative estimate of drug-likeness (QED) is 0.751. The number of ether oxygens (including phenoxy) is 1. The molecule has 0 aliphatic heterocycles. The topological polar surface area (TPSA) is 73.2 Å². The van der Waals surface area contributed by atoms with Gasteiger partial charge in [0, 0.05) is 23.4 Å². The first kappa shape index (κ1) is 18.3. The minimum Gasteiger partial charge on any atom is -0.497 e. The van der Waals surface area contributed by atoms with Crippen molar-refractivity contribution in [1.29, 1.82) is 0 Å². The third-order valence-electron chi connectivity index (χ3n) is 4.05. The highest BCUT2D eigenvalue weighted by molar-refractivity contribution is 5.93. The Hall–Kier alpha value is -3.48. The molecule has 1 aromatic heterocycles. The number of benzene rings is 2. The standard InChI is InChI=1S/C20H18FN3O3/c1-13(20(26)22-16-4-3-5-17(12-16)27-2)24-19(25)11-10-18(23-24)14-6-8-15(21)9-7-14/h3-13H,1-2H3,(H,22,26). The van der Waals surface area contributed by atoms with Crippen LogP contribution in [0, 0.1) is 5.82 Å². The monoisotopic (exact) mass is 367 g/mol. The molecule has 1 atom stereocenters. The Labute approximate surface area is 155 Å². The van der Waals surface area contributed by atoms with Gasteiger partial charge in [-0.05, 0) is 49.4 Å². The van der Waals surface area contributed by atoms with E-state index in [1.807, 2.05) is 0 Å². The minimum atomic E-state index is -0.843. The Bertz CT molecular complexity index is 1020. The van der Waals surface area contributed by atoms with Gasteiger partial charge in [-0.2, -0.15) is 5.10 Å². The van der Waals surface area contributed by atoms with E-state index in [2.05, 4.69) is 10.4 Å². The Morgan fingerprint density at radius 3 is 2.59 bits per heavy atom. The first-order valence-electron chi connectivity index (χ1n) is 8.28. The van der Waals surface area contributed by atoms with Crippen molar-refractivity contribution in [2.45, 2.75) is 13.0 Å². The summed E-state index contributed by atoms with van der Waals surface area (Å²) in [6.07, 6.45) is 0. The number of amides is 1. The van der Waals surface area contributed by atoms with Crippen LogP contribution in [0.5, 0.6) is 5.75 Å². The molecule has 3 rings (SSSR count). The number of anilines is 1. The molecule has 0 bridgehead atoms. The lowest BCUT2D eigenvalue weighted by Crippen LogP contribution is -2.33. The van der Waals surface area contributed by atoms with Gasteiger partial charge in [0.15, 0.2) is 0 Å². The molecule has 6 nitrogen and oxygen atoms in total. The van der Waals surface area contributed by atoms with Gasteiger partial charge in [-0.15, -0.1) is 0 Å². The largest absolute Gasteiger partial charge is 0.497 e. The summed E-state index contributed by atoms with van der Waals surface area (Å²) < 4.78 is 19.3. The number of rotatable bonds is 5. The van der Waals surface area contributed by atoms with E-state index in [1.165, 1.54) is 25.3 Å². The first-order valence-corrected chi connectivity index (χ1v) is 8.28. The number of hydrogen-bond acceptors (Lipinski definition) is 4. The van der Waals surface area contributed by atoms with Crippen molar-refractivity contribution in [3.63, 3.8) is 0 Å². The SMILES string of the molecule is COc1cccc(NC(=O)C(C)n2nc(-c3ccc(F)cc3)ccc2=O)c1. The number of methoxy groups -OCH3 is 1. The van der Waals surface area contributed by atoms with Gasteiger partial charge in [0.2, 0.25) is 5.91 Å². The molecule has 0 aliphatic carbocycles. The van der Waals surface area contributed by atoms with Crippen molar-refractivity contribution in [1.82, 2.24) is 9.78 Å². The van der Waals surface area contributed by atoms with Gasteiger partial charge >= 0.3 is 0 Å². The van der Waals surface area contributed by atoms with Crippen LogP contribution in [0.1, 0.15) is 13.0 Å². The zero-order valence-electron chi connectivity index (χ0n) is 14.8. The van der Waals surface area contributed by atoms with Gasteiger partial charge in [0.1, 0.15) is 17.6 Å². The highest BCUT2D eigenvalue weighted by atomic mass is 19.1. The number of carbonyl (C=O) groups is 1. The third-order valence-corrected chi connectivity index (χ3v) is 4.05. The highest BCUT2D eigenvalue weighted by Crippen LogP contribution is 2.19. The van der Waals surface area contributed by atoms with Crippen LogP contribution in [0.2, 0.25) is 0 Å². The van der Waals surface area contributed by atoms with Crippen molar-refractivity contribution in [3.8, 4) is 17.0 Å². The summed E-state index contributed by atoms with van der Waals surface area (Å²) in [6, 6.07) is 14.7. The van der Waals surface area contributed by atoms with Crippen LogP contribution < -0.4 is 15.6 Å². The van der Waals surface area contributed by atoms with E-state index in [4.69, 9.17) is 4.74 Å². The summed E-state index contributed by atoms with van der Waals surface area (Å²) in [5.41, 5.74) is 1.25. The van der Waals surface area contributed by atoms with Gasteiger partial charge in [0.05, 0.1) is 12.8 Å². The molecule has 0 saturated heterocycles. The lowest BCUT2D eigenvalue weighted by atomic mass is 10.1. The second-order valence-electron chi connectivity index (χ2n) is 5.91. The Balaban J connectivity index is 1.85. The summed E-state index contributed by atoms with van der Waals surface area (Å²) in [4.78, 5) is 24.8. The van der Waals surface area contributed by atoms with Crippen LogP contribution >= 0.6 is 0 Å². The first-order chi connectivity index (χ1) is 13.0. The van der Waals surface area contributed by atoms with Crippen LogP contribution in [0.3, 0.4) is 0 Å². The number of hydrogen-bond donors (Lipinski definition) is 1. The van der Waals surface area contributed by atoms with E-state index in [0.717, 1.165) is 4.68 Å². The number of nitrogens with one attached hydrogen (secondary N) is 1. The molecule has 7 heteroatoms. The van der Waals surface area contributed by atoms with E-state index in [1.54, 1.807) is 49.4 Å². The molecule has 1 unspecified atom stereocenters. The van der Waals surface area contributed by atoms with E-state index in [-0.39, 0.29) is 5.82 Å².